The summed E-state index contributed by atoms with van der Waals surface area (Å²) in [6, 6.07) is 17.6. The predicted molar refractivity (Wildman–Crippen MR) is 105 cm³/mol. The van der Waals surface area contributed by atoms with E-state index in [0.29, 0.717) is 11.4 Å². The number of nitrogens with zero attached hydrogens (tertiary/aromatic N) is 1. The lowest BCUT2D eigenvalue weighted by Crippen LogP contribution is -2.33. The van der Waals surface area contributed by atoms with E-state index in [2.05, 4.69) is 20.9 Å². The highest BCUT2D eigenvalue weighted by atomic mass is 19.1. The van der Waals surface area contributed by atoms with Crippen molar-refractivity contribution in [2.75, 3.05) is 10.6 Å². The lowest BCUT2D eigenvalue weighted by Gasteiger charge is -2.19. The Morgan fingerprint density at radius 2 is 1.71 bits per heavy atom. The summed E-state index contributed by atoms with van der Waals surface area (Å²) >= 11 is 0. The Bertz CT molecular complexity index is 925. The van der Waals surface area contributed by atoms with Crippen LogP contribution in [0, 0.1) is 5.82 Å². The number of nitrogens with one attached hydrogen (secondary N) is 3. The Morgan fingerprint density at radius 1 is 0.964 bits per heavy atom. The first-order valence-electron chi connectivity index (χ1n) is 8.63. The fraction of sp³-hybridized carbons (Fsp3) is 0.0952. The van der Waals surface area contributed by atoms with Gasteiger partial charge in [0.05, 0.1) is 17.4 Å². The topological polar surface area (TPSA) is 83.1 Å². The van der Waals surface area contributed by atoms with Gasteiger partial charge in [0.15, 0.2) is 0 Å². The number of amides is 3. The maximum absolute atomic E-state index is 14.1. The van der Waals surface area contributed by atoms with E-state index < -0.39 is 17.9 Å². The minimum absolute atomic E-state index is 0.0448. The Labute approximate surface area is 161 Å². The van der Waals surface area contributed by atoms with E-state index in [1.165, 1.54) is 25.1 Å². The van der Waals surface area contributed by atoms with Gasteiger partial charge >= 0.3 is 6.03 Å². The minimum atomic E-state index is -0.613. The van der Waals surface area contributed by atoms with E-state index in [4.69, 9.17) is 0 Å². The van der Waals surface area contributed by atoms with E-state index in [0.717, 1.165) is 5.56 Å². The van der Waals surface area contributed by atoms with E-state index in [9.17, 15) is 14.0 Å². The summed E-state index contributed by atoms with van der Waals surface area (Å²) in [6.45, 7) is 1.35. The van der Waals surface area contributed by atoms with Crippen molar-refractivity contribution in [3.63, 3.8) is 0 Å². The molecule has 28 heavy (non-hydrogen) atoms. The third-order valence-electron chi connectivity index (χ3n) is 3.93. The Hall–Kier alpha value is -3.74. The van der Waals surface area contributed by atoms with Gasteiger partial charge in [0.25, 0.3) is 0 Å². The molecule has 0 aliphatic heterocycles. The molecule has 2 aromatic carbocycles. The van der Waals surface area contributed by atoms with Gasteiger partial charge in [0.2, 0.25) is 5.91 Å². The Morgan fingerprint density at radius 3 is 2.39 bits per heavy atom. The zero-order chi connectivity index (χ0) is 19.9. The highest BCUT2D eigenvalue weighted by molar-refractivity contribution is 5.93. The number of rotatable bonds is 5. The normalized spacial score (nSPS) is 11.4. The molecular weight excluding hydrogens is 359 g/mol. The fourth-order valence-corrected chi connectivity index (χ4v) is 2.71. The van der Waals surface area contributed by atoms with Gasteiger partial charge < -0.3 is 16.0 Å². The van der Waals surface area contributed by atoms with Gasteiger partial charge in [-0.2, -0.15) is 0 Å². The molecule has 7 heteroatoms. The van der Waals surface area contributed by atoms with Crippen LogP contribution in [0.5, 0.6) is 0 Å². The quantitative estimate of drug-likeness (QED) is 0.625. The van der Waals surface area contributed by atoms with Crippen molar-refractivity contribution in [3.8, 4) is 0 Å². The van der Waals surface area contributed by atoms with Crippen molar-refractivity contribution >= 4 is 23.3 Å². The van der Waals surface area contributed by atoms with Gasteiger partial charge in [-0.3, -0.25) is 9.78 Å². The second-order valence-electron chi connectivity index (χ2n) is 6.07. The third-order valence-corrected chi connectivity index (χ3v) is 3.93. The molecule has 0 saturated heterocycles. The number of pyridine rings is 1. The van der Waals surface area contributed by atoms with Crippen molar-refractivity contribution in [2.45, 2.75) is 13.0 Å². The summed E-state index contributed by atoms with van der Waals surface area (Å²) in [4.78, 5) is 28.0. The second-order valence-corrected chi connectivity index (χ2v) is 6.07. The molecule has 0 aliphatic carbocycles. The van der Waals surface area contributed by atoms with Gasteiger partial charge in [-0.05, 0) is 35.9 Å². The SMILES string of the molecule is CC(=O)Nc1ccc(F)c(NC(=O)NC(c2ccccc2)c2ccccn2)c1. The zero-order valence-corrected chi connectivity index (χ0v) is 15.1. The van der Waals surface area contributed by atoms with Gasteiger partial charge in [-0.1, -0.05) is 36.4 Å². The van der Waals surface area contributed by atoms with Crippen LogP contribution in [-0.2, 0) is 4.79 Å². The Kier molecular flexibility index (Phi) is 5.96. The third kappa shape index (κ3) is 4.91. The van der Waals surface area contributed by atoms with Gasteiger partial charge in [0.1, 0.15) is 5.82 Å². The summed E-state index contributed by atoms with van der Waals surface area (Å²) in [6.07, 6.45) is 1.64. The van der Waals surface area contributed by atoms with E-state index in [-0.39, 0.29) is 11.6 Å². The molecule has 1 atom stereocenters. The van der Waals surface area contributed by atoms with Gasteiger partial charge in [-0.25, -0.2) is 9.18 Å². The number of carbonyl (C=O) groups excluding carboxylic acids is 2. The first-order valence-corrected chi connectivity index (χ1v) is 8.63. The highest BCUT2D eigenvalue weighted by Gasteiger charge is 2.18. The van der Waals surface area contributed by atoms with Gasteiger partial charge in [-0.15, -0.1) is 0 Å². The fourth-order valence-electron chi connectivity index (χ4n) is 2.71. The molecule has 3 aromatic rings. The van der Waals surface area contributed by atoms with Gasteiger partial charge in [0, 0.05) is 18.8 Å². The lowest BCUT2D eigenvalue weighted by atomic mass is 10.0. The van der Waals surface area contributed by atoms with Crippen LogP contribution in [-0.4, -0.2) is 16.9 Å². The largest absolute Gasteiger partial charge is 0.326 e. The lowest BCUT2D eigenvalue weighted by molar-refractivity contribution is -0.114. The van der Waals surface area contributed by atoms with Crippen LogP contribution in [0.25, 0.3) is 0 Å². The average Bonchev–Trinajstić information content (AvgIpc) is 2.69. The minimum Gasteiger partial charge on any atom is -0.326 e. The Balaban J connectivity index is 1.81. The predicted octanol–water partition coefficient (Wildman–Crippen LogP) is 4.09. The second kappa shape index (κ2) is 8.77. The molecule has 0 radical (unpaired) electrons. The van der Waals surface area contributed by atoms with Crippen LogP contribution in [0.2, 0.25) is 0 Å². The van der Waals surface area contributed by atoms with Crippen LogP contribution >= 0.6 is 0 Å². The molecule has 3 N–H and O–H groups in total. The van der Waals surface area contributed by atoms with E-state index in [1.807, 2.05) is 36.4 Å². The van der Waals surface area contributed by atoms with E-state index >= 15 is 0 Å². The molecule has 0 saturated carbocycles. The number of benzene rings is 2. The molecular formula is C21H19FN4O2. The first-order chi connectivity index (χ1) is 13.5. The number of aromatic nitrogens is 1. The van der Waals surface area contributed by atoms with Crippen molar-refractivity contribution < 1.29 is 14.0 Å². The molecule has 1 unspecified atom stereocenters. The van der Waals surface area contributed by atoms with Crippen LogP contribution in [0.3, 0.4) is 0 Å². The highest BCUT2D eigenvalue weighted by Crippen LogP contribution is 2.22. The molecule has 0 spiro atoms. The summed E-state index contributed by atoms with van der Waals surface area (Å²) in [5.41, 5.74) is 1.82. The van der Waals surface area contributed by atoms with Crippen LogP contribution in [0.4, 0.5) is 20.6 Å². The smallest absolute Gasteiger partial charge is 0.320 e. The standard InChI is InChI=1S/C21H19FN4O2/c1-14(27)24-16-10-11-17(22)19(13-16)25-21(28)26-20(15-7-3-2-4-8-15)18-9-5-6-12-23-18/h2-13,20H,1H3,(H,24,27)(H2,25,26,28). The molecule has 0 bridgehead atoms. The average molecular weight is 378 g/mol. The first kappa shape index (κ1) is 19.0. The molecule has 0 aliphatic rings. The number of hydrogen-bond donors (Lipinski definition) is 3. The van der Waals surface area contributed by atoms with Crippen LogP contribution in [0.1, 0.15) is 24.2 Å². The van der Waals surface area contributed by atoms with E-state index in [1.54, 1.807) is 18.3 Å². The number of anilines is 2. The zero-order valence-electron chi connectivity index (χ0n) is 15.1. The summed E-state index contributed by atoms with van der Waals surface area (Å²) < 4.78 is 14.1. The maximum Gasteiger partial charge on any atom is 0.320 e. The monoisotopic (exact) mass is 378 g/mol. The molecule has 1 heterocycles. The number of urea groups is 1. The van der Waals surface area contributed by atoms with Crippen LogP contribution < -0.4 is 16.0 Å². The molecule has 1 aromatic heterocycles. The number of halogens is 1. The molecule has 6 nitrogen and oxygen atoms in total. The van der Waals surface area contributed by atoms with Crippen molar-refractivity contribution in [2.24, 2.45) is 0 Å². The maximum atomic E-state index is 14.1. The van der Waals surface area contributed by atoms with Crippen molar-refractivity contribution in [1.29, 1.82) is 0 Å². The summed E-state index contributed by atoms with van der Waals surface area (Å²) in [5.74, 6) is -0.903. The summed E-state index contributed by atoms with van der Waals surface area (Å²) in [7, 11) is 0. The molecule has 3 rings (SSSR count). The molecule has 142 valence electrons. The summed E-state index contributed by atoms with van der Waals surface area (Å²) in [5, 5.41) is 7.86. The number of carbonyl (C=O) groups is 2. The van der Waals surface area contributed by atoms with Crippen molar-refractivity contribution in [3.05, 3.63) is 90.0 Å². The number of hydrogen-bond acceptors (Lipinski definition) is 3. The molecule has 3 amide bonds. The van der Waals surface area contributed by atoms with Crippen molar-refractivity contribution in [1.82, 2.24) is 10.3 Å². The molecule has 0 fully saturated rings. The van der Waals surface area contributed by atoms with Crippen LogP contribution in [0.15, 0.2) is 72.9 Å².